The van der Waals surface area contributed by atoms with Crippen LogP contribution >= 0.6 is 17.2 Å². The molecule has 0 rings (SSSR count). The maximum absolute atomic E-state index is 11.7. The van der Waals surface area contributed by atoms with Gasteiger partial charge in [-0.3, -0.25) is 0 Å². The molecular formula is C96H188O18P2Ti. The average Bonchev–Trinajstić information content (AvgIpc) is 0.879. The van der Waals surface area contributed by atoms with Crippen molar-refractivity contribution in [3.05, 3.63) is 101 Å². The Bertz CT molecular complexity index is 1700. The van der Waals surface area contributed by atoms with Gasteiger partial charge in [0.05, 0.1) is 96.5 Å². The Labute approximate surface area is 740 Å². The molecule has 0 aromatic carbocycles. The Kier molecular flexibility index (Phi) is 112. The molecule has 4 unspecified atom stereocenters. The summed E-state index contributed by atoms with van der Waals surface area (Å²) in [7, 11) is -3.81. The molecular weight excluding hydrogens is 1550 g/mol. The van der Waals surface area contributed by atoms with Crippen molar-refractivity contribution in [1.29, 1.82) is 0 Å². The minimum atomic E-state index is -1.91. The fourth-order valence-electron chi connectivity index (χ4n) is 12.4. The summed E-state index contributed by atoms with van der Waals surface area (Å²) < 4.78 is 64.9. The summed E-state index contributed by atoms with van der Waals surface area (Å²) in [5.74, 6) is -3.77. The van der Waals surface area contributed by atoms with Crippen molar-refractivity contribution in [1.82, 2.24) is 0 Å². The summed E-state index contributed by atoms with van der Waals surface area (Å²) in [5.41, 5.74) is 0. The van der Waals surface area contributed by atoms with Crippen LogP contribution in [0, 0.1) is 0 Å². The van der Waals surface area contributed by atoms with Gasteiger partial charge in [-0.1, -0.05) is 361 Å². The Balaban J connectivity index is -0.000000258. The normalized spacial score (nSPS) is 12.5. The van der Waals surface area contributed by atoms with Crippen molar-refractivity contribution in [2.75, 3.05) is 79.3 Å². The minimum Gasteiger partial charge on any atom is -0.786 e. The number of aliphatic hydroxyl groups excluding tert-OH is 4. The molecule has 117 heavy (non-hydrogen) atoms. The van der Waals surface area contributed by atoms with E-state index in [0.717, 1.165) is 25.7 Å². The van der Waals surface area contributed by atoms with Crippen LogP contribution < -0.4 is 9.79 Å². The van der Waals surface area contributed by atoms with E-state index in [1.165, 1.54) is 257 Å². The van der Waals surface area contributed by atoms with E-state index in [4.69, 9.17) is 56.0 Å². The Morgan fingerprint density at radius 2 is 0.342 bits per heavy atom. The zero-order valence-electron chi connectivity index (χ0n) is 77.9. The van der Waals surface area contributed by atoms with Gasteiger partial charge < -0.3 is 86.2 Å². The Hall–Kier alpha value is -1.23. The molecule has 4 atom stereocenters. The first-order chi connectivity index (χ1) is 56.1. The molecule has 0 aromatic rings. The van der Waals surface area contributed by atoms with Gasteiger partial charge in [0, 0.05) is 25.7 Å². The summed E-state index contributed by atoms with van der Waals surface area (Å²) >= 11 is 0. The second-order valence-corrected chi connectivity index (χ2v) is 32.0. The second kappa shape index (κ2) is 102. The largest absolute Gasteiger partial charge is 2.00 e. The van der Waals surface area contributed by atoms with Crippen LogP contribution in [-0.2, 0) is 77.7 Å². The number of unbranched alkanes of at least 4 members (excludes halogenated alkanes) is 40. The van der Waals surface area contributed by atoms with Crippen molar-refractivity contribution < 1.29 is 108 Å². The van der Waals surface area contributed by atoms with Crippen molar-refractivity contribution >= 4 is 17.2 Å². The topological polar surface area (TPSA) is 238 Å². The minimum absolute atomic E-state index is 0. The number of rotatable bonds is 84. The first-order valence-electron chi connectivity index (χ1n) is 46.3. The zero-order chi connectivity index (χ0) is 88.0. The fourth-order valence-corrected chi connectivity index (χ4v) is 13.7. The summed E-state index contributed by atoms with van der Waals surface area (Å²) in [5, 5.41) is 38.4. The van der Waals surface area contributed by atoms with E-state index in [1.807, 2.05) is 27.7 Å². The van der Waals surface area contributed by atoms with Gasteiger partial charge in [0.25, 0.3) is 0 Å². The molecule has 0 saturated carbocycles. The van der Waals surface area contributed by atoms with Crippen LogP contribution in [0.2, 0.25) is 0 Å². The SMILES string of the molecule is C=CCOC(CC)(OCC=C)C(C)O.C=CCOC(CC)(OCC=C)C(C)O.C=CCOC(CC)(OCC=C)C(C)O.C=CCOC(CC)(OCC=C)C(C)O.CCCCCCCCCCCCCOP([O-])OCCCCCCCCCCCCC.CCCCCCCCCCCCCOP([O-])OCCCCCCCCCCCCC.[Ti+2]. The van der Waals surface area contributed by atoms with Crippen molar-refractivity contribution in [3.8, 4) is 0 Å². The molecule has 694 valence electrons. The standard InChI is InChI=1S/2C26H54O3P.4C11H20O3.Ti/c2*1-3-5-7-9-11-13-15-17-19-21-23-25-28-30(27)29-26-24-22-20-18-16-14-12-10-8-6-4-2;4*1-5-8-13-11(7-3,10(4)12)14-9-6-2;/h2*3-26H2,1-2H3;4*5-6,10,12H,1-2,7-9H2,3-4H3;/q2*-1;;;;;+2. The van der Waals surface area contributed by atoms with E-state index in [1.54, 1.807) is 76.3 Å². The molecule has 0 aliphatic rings. The van der Waals surface area contributed by atoms with Crippen LogP contribution in [0.1, 0.15) is 391 Å². The number of aliphatic hydroxyl groups is 4. The van der Waals surface area contributed by atoms with E-state index in [2.05, 4.69) is 80.3 Å². The van der Waals surface area contributed by atoms with E-state index < -0.39 is 64.8 Å². The summed E-state index contributed by atoms with van der Waals surface area (Å²) in [6.07, 6.45) is 70.5. The van der Waals surface area contributed by atoms with E-state index in [-0.39, 0.29) is 21.7 Å². The Morgan fingerprint density at radius 1 is 0.231 bits per heavy atom. The van der Waals surface area contributed by atoms with E-state index in [9.17, 15) is 30.2 Å². The van der Waals surface area contributed by atoms with Gasteiger partial charge in [0.2, 0.25) is 0 Å². The van der Waals surface area contributed by atoms with Crippen LogP contribution in [-0.4, -0.2) is 147 Å². The molecule has 4 N–H and O–H groups in total. The van der Waals surface area contributed by atoms with Gasteiger partial charge in [-0.2, -0.15) is 0 Å². The first-order valence-corrected chi connectivity index (χ1v) is 48.5. The monoisotopic (exact) mass is 1740 g/mol. The number of hydrogen-bond donors (Lipinski definition) is 4. The Morgan fingerprint density at radius 3 is 0.436 bits per heavy atom. The van der Waals surface area contributed by atoms with Crippen LogP contribution in [0.15, 0.2) is 101 Å². The predicted octanol–water partition coefficient (Wildman–Crippen LogP) is 26.0. The molecule has 0 aliphatic heterocycles. The molecule has 18 nitrogen and oxygen atoms in total. The maximum Gasteiger partial charge on any atom is 2.00 e. The predicted molar refractivity (Wildman–Crippen MR) is 491 cm³/mol. The average molecular weight is 1740 g/mol. The number of ether oxygens (including phenoxy) is 8. The molecule has 0 radical (unpaired) electrons. The molecule has 0 spiro atoms. The molecule has 21 heteroatoms. The molecule has 0 aliphatic carbocycles. The molecule has 0 bridgehead atoms. The van der Waals surface area contributed by atoms with Crippen LogP contribution in [0.25, 0.3) is 0 Å². The number of hydrogen-bond acceptors (Lipinski definition) is 18. The maximum atomic E-state index is 11.7. The second-order valence-electron chi connectivity index (χ2n) is 30.1. The molecule has 0 amide bonds. The fraction of sp³-hybridized carbons (Fsp3) is 0.833. The quantitative estimate of drug-likeness (QED) is 0.0146. The zero-order valence-corrected chi connectivity index (χ0v) is 81.3. The summed E-state index contributed by atoms with van der Waals surface area (Å²) in [4.78, 5) is 23.4. The van der Waals surface area contributed by atoms with Gasteiger partial charge in [0.15, 0.2) is 23.1 Å². The van der Waals surface area contributed by atoms with Gasteiger partial charge in [0.1, 0.15) is 24.4 Å². The van der Waals surface area contributed by atoms with Crippen LogP contribution in [0.4, 0.5) is 0 Å². The third kappa shape index (κ3) is 85.4. The summed E-state index contributed by atoms with van der Waals surface area (Å²) in [6.45, 7) is 56.9. The molecule has 0 aromatic heterocycles. The van der Waals surface area contributed by atoms with Crippen LogP contribution in [0.5, 0.6) is 0 Å². The first kappa shape index (κ1) is 129. The van der Waals surface area contributed by atoms with Crippen molar-refractivity contribution in [2.45, 2.75) is 439 Å². The van der Waals surface area contributed by atoms with Gasteiger partial charge in [-0.15, -0.1) is 52.6 Å². The van der Waals surface area contributed by atoms with Gasteiger partial charge >= 0.3 is 21.7 Å². The van der Waals surface area contributed by atoms with Crippen molar-refractivity contribution in [2.24, 2.45) is 0 Å². The third-order valence-electron chi connectivity index (χ3n) is 19.9. The third-order valence-corrected chi connectivity index (χ3v) is 21.4. The van der Waals surface area contributed by atoms with Crippen LogP contribution in [0.3, 0.4) is 0 Å². The molecule has 0 saturated heterocycles. The van der Waals surface area contributed by atoms with Gasteiger partial charge in [-0.25, -0.2) is 0 Å². The van der Waals surface area contributed by atoms with Gasteiger partial charge in [-0.05, 0) is 53.4 Å². The summed E-state index contributed by atoms with van der Waals surface area (Å²) in [6, 6.07) is 0. The molecule has 0 heterocycles. The molecule has 0 fully saturated rings. The smallest absolute Gasteiger partial charge is 0.786 e. The van der Waals surface area contributed by atoms with E-state index >= 15 is 0 Å². The van der Waals surface area contributed by atoms with E-state index in [0.29, 0.717) is 105 Å². The van der Waals surface area contributed by atoms with Crippen molar-refractivity contribution in [3.63, 3.8) is 0 Å².